The molecule has 0 spiro atoms. The number of hydrogen-bond acceptors (Lipinski definition) is 2. The molecule has 4 heteroatoms. The number of nitrogens with one attached hydrogen (secondary N) is 1. The van der Waals surface area contributed by atoms with Gasteiger partial charge in [0, 0.05) is 6.54 Å². The van der Waals surface area contributed by atoms with Gasteiger partial charge in [-0.25, -0.2) is 0 Å². The Hall–Kier alpha value is -0.0900. The number of carbonyl (C=O) groups excluding carboxylic acids is 1. The summed E-state index contributed by atoms with van der Waals surface area (Å²) in [7, 11) is 0. The molecule has 0 fully saturated rings. The molecule has 2 unspecified atom stereocenters. The molecule has 2 N–H and O–H groups in total. The second kappa shape index (κ2) is 6.38. The Morgan fingerprint density at radius 1 is 1.46 bits per heavy atom. The van der Waals surface area contributed by atoms with Crippen LogP contribution in [0.2, 0.25) is 0 Å². The fraction of sp³-hybridized carbons (Fsp3) is 0.889. The third-order valence-corrected chi connectivity index (χ3v) is 2.03. The second-order valence-electron chi connectivity index (χ2n) is 3.64. The summed E-state index contributed by atoms with van der Waals surface area (Å²) in [5.74, 6) is 0.371. The molecule has 0 saturated carbocycles. The Labute approximate surface area is 88.0 Å². The minimum Gasteiger partial charge on any atom is -0.391 e. The van der Waals surface area contributed by atoms with E-state index < -0.39 is 6.10 Å². The smallest absolute Gasteiger partial charge is 0.233 e. The van der Waals surface area contributed by atoms with E-state index in [9.17, 15) is 9.90 Å². The Morgan fingerprint density at radius 2 is 2.00 bits per heavy atom. The standard InChI is InChI=1S/C9H18BrNO2/c1-6(2)4-8(12)5-11-9(13)7(3)10/h6-8,12H,4-5H2,1-3H3,(H,11,13). The lowest BCUT2D eigenvalue weighted by Crippen LogP contribution is -2.36. The molecule has 0 radical (unpaired) electrons. The summed E-state index contributed by atoms with van der Waals surface area (Å²) in [4.78, 5) is 10.9. The van der Waals surface area contributed by atoms with Gasteiger partial charge >= 0.3 is 0 Å². The monoisotopic (exact) mass is 251 g/mol. The molecule has 0 heterocycles. The SMILES string of the molecule is CC(C)CC(O)CNC(=O)C(C)Br. The number of alkyl halides is 1. The van der Waals surface area contributed by atoms with Crippen LogP contribution in [0, 0.1) is 5.92 Å². The molecule has 0 aliphatic carbocycles. The van der Waals surface area contributed by atoms with Gasteiger partial charge in [-0.2, -0.15) is 0 Å². The number of hydrogen-bond donors (Lipinski definition) is 2. The van der Waals surface area contributed by atoms with Gasteiger partial charge in [-0.05, 0) is 19.3 Å². The molecule has 0 aliphatic rings. The highest BCUT2D eigenvalue weighted by Gasteiger charge is 2.11. The summed E-state index contributed by atoms with van der Waals surface area (Å²) in [5.41, 5.74) is 0. The Kier molecular flexibility index (Phi) is 6.33. The van der Waals surface area contributed by atoms with Crippen molar-refractivity contribution in [3.8, 4) is 0 Å². The summed E-state index contributed by atoms with van der Waals surface area (Å²) in [6.07, 6.45) is 0.284. The summed E-state index contributed by atoms with van der Waals surface area (Å²) in [6, 6.07) is 0. The molecular formula is C9H18BrNO2. The number of halogens is 1. The first kappa shape index (κ1) is 12.9. The van der Waals surface area contributed by atoms with Crippen LogP contribution in [-0.2, 0) is 4.79 Å². The Morgan fingerprint density at radius 3 is 2.38 bits per heavy atom. The molecule has 0 saturated heterocycles. The van der Waals surface area contributed by atoms with Crippen LogP contribution in [-0.4, -0.2) is 28.5 Å². The predicted octanol–water partition coefficient (Wildman–Crippen LogP) is 1.29. The van der Waals surface area contributed by atoms with Crippen molar-refractivity contribution in [2.75, 3.05) is 6.54 Å². The summed E-state index contributed by atoms with van der Waals surface area (Å²) in [5, 5.41) is 12.1. The number of rotatable bonds is 5. The Balaban J connectivity index is 3.58. The number of carbonyl (C=O) groups is 1. The van der Waals surface area contributed by atoms with Crippen LogP contribution in [0.3, 0.4) is 0 Å². The van der Waals surface area contributed by atoms with Crippen molar-refractivity contribution in [2.45, 2.75) is 38.1 Å². The van der Waals surface area contributed by atoms with Gasteiger partial charge in [0.1, 0.15) is 0 Å². The van der Waals surface area contributed by atoms with Gasteiger partial charge in [0.2, 0.25) is 5.91 Å². The van der Waals surface area contributed by atoms with Crippen LogP contribution in [0.25, 0.3) is 0 Å². The van der Waals surface area contributed by atoms with Crippen LogP contribution in [0.1, 0.15) is 27.2 Å². The fourth-order valence-corrected chi connectivity index (χ4v) is 1.15. The molecule has 0 aromatic rings. The molecule has 3 nitrogen and oxygen atoms in total. The third kappa shape index (κ3) is 7.02. The van der Waals surface area contributed by atoms with Crippen molar-refractivity contribution in [2.24, 2.45) is 5.92 Å². The zero-order valence-electron chi connectivity index (χ0n) is 8.38. The van der Waals surface area contributed by atoms with E-state index in [4.69, 9.17) is 0 Å². The predicted molar refractivity (Wildman–Crippen MR) is 56.9 cm³/mol. The highest BCUT2D eigenvalue weighted by Crippen LogP contribution is 2.03. The molecule has 0 aromatic heterocycles. The Bertz CT molecular complexity index is 160. The fourth-order valence-electron chi connectivity index (χ4n) is 0.987. The normalized spacial score (nSPS) is 15.5. The molecule has 13 heavy (non-hydrogen) atoms. The highest BCUT2D eigenvalue weighted by molar-refractivity contribution is 9.10. The molecule has 2 atom stereocenters. The first-order chi connectivity index (χ1) is 5.93. The molecule has 0 bridgehead atoms. The van der Waals surface area contributed by atoms with E-state index >= 15 is 0 Å². The third-order valence-electron chi connectivity index (χ3n) is 1.62. The maximum Gasteiger partial charge on any atom is 0.233 e. The van der Waals surface area contributed by atoms with Crippen molar-refractivity contribution >= 4 is 21.8 Å². The van der Waals surface area contributed by atoms with Crippen molar-refractivity contribution in [3.05, 3.63) is 0 Å². The largest absolute Gasteiger partial charge is 0.391 e. The topological polar surface area (TPSA) is 49.3 Å². The minimum absolute atomic E-state index is 0.0807. The molecule has 0 aliphatic heterocycles. The van der Waals surface area contributed by atoms with E-state index in [0.29, 0.717) is 12.5 Å². The molecule has 78 valence electrons. The first-order valence-corrected chi connectivity index (χ1v) is 5.45. The van der Waals surface area contributed by atoms with Gasteiger partial charge in [0.15, 0.2) is 0 Å². The van der Waals surface area contributed by atoms with E-state index in [1.807, 2.05) is 13.8 Å². The summed E-state index contributed by atoms with van der Waals surface area (Å²) < 4.78 is 0. The van der Waals surface area contributed by atoms with E-state index in [1.165, 1.54) is 0 Å². The first-order valence-electron chi connectivity index (χ1n) is 4.53. The lowest BCUT2D eigenvalue weighted by Gasteiger charge is -2.14. The zero-order valence-corrected chi connectivity index (χ0v) is 9.97. The number of aliphatic hydroxyl groups is 1. The van der Waals surface area contributed by atoms with Gasteiger partial charge < -0.3 is 10.4 Å². The summed E-state index contributed by atoms with van der Waals surface area (Å²) in [6.45, 7) is 6.17. The average molecular weight is 252 g/mol. The van der Waals surface area contributed by atoms with Crippen LogP contribution in [0.5, 0.6) is 0 Å². The highest BCUT2D eigenvalue weighted by atomic mass is 79.9. The van der Waals surface area contributed by atoms with E-state index in [0.717, 1.165) is 6.42 Å². The van der Waals surface area contributed by atoms with Crippen LogP contribution in [0.4, 0.5) is 0 Å². The van der Waals surface area contributed by atoms with Crippen LogP contribution < -0.4 is 5.32 Å². The van der Waals surface area contributed by atoms with Gasteiger partial charge in [0.25, 0.3) is 0 Å². The van der Waals surface area contributed by atoms with E-state index in [-0.39, 0.29) is 10.7 Å². The van der Waals surface area contributed by atoms with Crippen molar-refractivity contribution in [1.82, 2.24) is 5.32 Å². The maximum absolute atomic E-state index is 11.1. The lowest BCUT2D eigenvalue weighted by atomic mass is 10.1. The molecule has 1 amide bonds. The van der Waals surface area contributed by atoms with E-state index in [1.54, 1.807) is 6.92 Å². The maximum atomic E-state index is 11.1. The number of aliphatic hydroxyl groups excluding tert-OH is 1. The molecular weight excluding hydrogens is 234 g/mol. The second-order valence-corrected chi connectivity index (χ2v) is 5.02. The number of amides is 1. The molecule has 0 rings (SSSR count). The van der Waals surface area contributed by atoms with Crippen molar-refractivity contribution in [3.63, 3.8) is 0 Å². The summed E-state index contributed by atoms with van der Waals surface area (Å²) >= 11 is 3.15. The minimum atomic E-state index is -0.435. The molecule has 0 aromatic carbocycles. The van der Waals surface area contributed by atoms with Gasteiger partial charge in [-0.3, -0.25) is 4.79 Å². The van der Waals surface area contributed by atoms with E-state index in [2.05, 4.69) is 21.2 Å². The van der Waals surface area contributed by atoms with Gasteiger partial charge in [0.05, 0.1) is 10.9 Å². The van der Waals surface area contributed by atoms with Crippen LogP contribution >= 0.6 is 15.9 Å². The van der Waals surface area contributed by atoms with Gasteiger partial charge in [-0.1, -0.05) is 29.8 Å². The lowest BCUT2D eigenvalue weighted by molar-refractivity contribution is -0.120. The van der Waals surface area contributed by atoms with Crippen molar-refractivity contribution < 1.29 is 9.90 Å². The van der Waals surface area contributed by atoms with Gasteiger partial charge in [-0.15, -0.1) is 0 Å². The van der Waals surface area contributed by atoms with Crippen LogP contribution in [0.15, 0.2) is 0 Å². The quantitative estimate of drug-likeness (QED) is 0.724. The zero-order chi connectivity index (χ0) is 10.4. The van der Waals surface area contributed by atoms with Crippen molar-refractivity contribution in [1.29, 1.82) is 0 Å². The average Bonchev–Trinajstić information content (AvgIpc) is 1.98.